The predicted octanol–water partition coefficient (Wildman–Crippen LogP) is 4.16. The third-order valence-corrected chi connectivity index (χ3v) is 5.66. The summed E-state index contributed by atoms with van der Waals surface area (Å²) >= 11 is 0. The van der Waals surface area contributed by atoms with E-state index in [1.54, 1.807) is 0 Å². The highest BCUT2D eigenvalue weighted by molar-refractivity contribution is 6.07. The fraction of sp³-hybridized carbons (Fsp3) is 0.231. The minimum absolute atomic E-state index is 0.407. The lowest BCUT2D eigenvalue weighted by molar-refractivity contribution is -0.127. The molecule has 0 aliphatic heterocycles. The van der Waals surface area contributed by atoms with Crippen molar-refractivity contribution in [1.82, 2.24) is 10.3 Å². The lowest BCUT2D eigenvalue weighted by atomic mass is 9.86. The zero-order chi connectivity index (χ0) is 23.5. The molecule has 3 aromatic rings. The van der Waals surface area contributed by atoms with Crippen LogP contribution in [0.2, 0.25) is 0 Å². The maximum absolute atomic E-state index is 13.3. The van der Waals surface area contributed by atoms with Crippen LogP contribution in [-0.2, 0) is 16.0 Å². The van der Waals surface area contributed by atoms with Crippen molar-refractivity contribution in [2.24, 2.45) is 5.73 Å². The molecule has 1 atom stereocenters. The van der Waals surface area contributed by atoms with Gasteiger partial charge in [0.15, 0.2) is 6.10 Å². The number of nitrogens with zero attached hydrogens (tertiary/aromatic N) is 1. The molecule has 0 fully saturated rings. The normalized spacial score (nSPS) is 15.0. The molecule has 168 valence electrons. The standard InChI is InChI=1S/C26H25N3O4/c1-15-7-5-8-17(13-15)14-18-9-6-11-20-22(19-10-3-4-12-21(19)28-23(18)20)25(31)33-16(2)24(30)29-26(27)32/h3-5,7-8,10,12-14,16H,6,9,11H2,1-2H3,(H3,27,29,30,32)/b18-14+. The highest BCUT2D eigenvalue weighted by atomic mass is 16.5. The van der Waals surface area contributed by atoms with E-state index in [0.717, 1.165) is 35.2 Å². The van der Waals surface area contributed by atoms with E-state index in [1.807, 2.05) is 54.7 Å². The number of carbonyl (C=O) groups is 3. The van der Waals surface area contributed by atoms with Crippen LogP contribution in [0.3, 0.4) is 0 Å². The van der Waals surface area contributed by atoms with Crippen LogP contribution in [-0.4, -0.2) is 29.0 Å². The molecule has 1 aromatic heterocycles. The summed E-state index contributed by atoms with van der Waals surface area (Å²) in [5.74, 6) is -1.41. The molecule has 1 aliphatic rings. The molecular weight excluding hydrogens is 418 g/mol. The van der Waals surface area contributed by atoms with E-state index in [1.165, 1.54) is 12.5 Å². The summed E-state index contributed by atoms with van der Waals surface area (Å²) in [6.45, 7) is 3.45. The minimum Gasteiger partial charge on any atom is -0.449 e. The quantitative estimate of drug-likeness (QED) is 0.588. The van der Waals surface area contributed by atoms with Gasteiger partial charge in [-0.3, -0.25) is 10.1 Å². The predicted molar refractivity (Wildman–Crippen MR) is 126 cm³/mol. The molecule has 0 saturated heterocycles. The number of carbonyl (C=O) groups excluding carboxylic acids is 3. The van der Waals surface area contributed by atoms with Crippen LogP contribution in [0.1, 0.15) is 52.5 Å². The van der Waals surface area contributed by atoms with Gasteiger partial charge in [0.25, 0.3) is 5.91 Å². The van der Waals surface area contributed by atoms with Crippen molar-refractivity contribution in [3.63, 3.8) is 0 Å². The smallest absolute Gasteiger partial charge is 0.339 e. The number of nitrogens with one attached hydrogen (secondary N) is 1. The molecule has 1 aliphatic carbocycles. The maximum Gasteiger partial charge on any atom is 0.339 e. The highest BCUT2D eigenvalue weighted by Crippen LogP contribution is 2.36. The Balaban J connectivity index is 1.80. The van der Waals surface area contributed by atoms with Crippen LogP contribution in [0.4, 0.5) is 4.79 Å². The first kappa shape index (κ1) is 22.2. The molecule has 0 saturated carbocycles. The molecule has 2 aromatic carbocycles. The number of fused-ring (bicyclic) bond motifs is 2. The van der Waals surface area contributed by atoms with Crippen molar-refractivity contribution in [3.8, 4) is 0 Å². The Morgan fingerprint density at radius 1 is 1.12 bits per heavy atom. The van der Waals surface area contributed by atoms with Gasteiger partial charge in [-0.15, -0.1) is 0 Å². The summed E-state index contributed by atoms with van der Waals surface area (Å²) < 4.78 is 5.44. The number of ether oxygens (including phenoxy) is 1. The first-order chi connectivity index (χ1) is 15.8. The Morgan fingerprint density at radius 3 is 2.67 bits per heavy atom. The zero-order valence-electron chi connectivity index (χ0n) is 18.6. The van der Waals surface area contributed by atoms with Crippen LogP contribution in [0, 0.1) is 6.92 Å². The molecule has 7 heteroatoms. The topological polar surface area (TPSA) is 111 Å². The van der Waals surface area contributed by atoms with E-state index >= 15 is 0 Å². The summed E-state index contributed by atoms with van der Waals surface area (Å²) in [6, 6.07) is 14.6. The molecule has 33 heavy (non-hydrogen) atoms. The third-order valence-electron chi connectivity index (χ3n) is 5.66. The van der Waals surface area contributed by atoms with Crippen LogP contribution in [0.5, 0.6) is 0 Å². The Kier molecular flexibility index (Phi) is 6.22. The van der Waals surface area contributed by atoms with Gasteiger partial charge < -0.3 is 10.5 Å². The van der Waals surface area contributed by atoms with Crippen LogP contribution >= 0.6 is 0 Å². The Bertz CT molecular complexity index is 1300. The lowest BCUT2D eigenvalue weighted by Gasteiger charge is -2.23. The lowest BCUT2D eigenvalue weighted by Crippen LogP contribution is -2.42. The Labute approximate surface area is 191 Å². The van der Waals surface area contributed by atoms with Gasteiger partial charge in [-0.25, -0.2) is 14.6 Å². The van der Waals surface area contributed by atoms with Crippen molar-refractivity contribution in [3.05, 3.63) is 76.5 Å². The first-order valence-corrected chi connectivity index (χ1v) is 10.8. The van der Waals surface area contributed by atoms with E-state index in [9.17, 15) is 14.4 Å². The van der Waals surface area contributed by atoms with E-state index in [-0.39, 0.29) is 0 Å². The molecule has 4 rings (SSSR count). The molecule has 0 bridgehead atoms. The number of aromatic nitrogens is 1. The number of rotatable bonds is 4. The molecule has 7 nitrogen and oxygen atoms in total. The molecule has 0 spiro atoms. The monoisotopic (exact) mass is 443 g/mol. The molecule has 1 heterocycles. The molecule has 3 amide bonds. The molecule has 0 radical (unpaired) electrons. The van der Waals surface area contributed by atoms with Crippen molar-refractivity contribution in [1.29, 1.82) is 0 Å². The SMILES string of the molecule is Cc1cccc(/C=C2\CCCc3c2nc2ccccc2c3C(=O)OC(C)C(=O)NC(N)=O)c1. The van der Waals surface area contributed by atoms with E-state index < -0.39 is 24.0 Å². The number of hydrogen-bond donors (Lipinski definition) is 2. The average Bonchev–Trinajstić information content (AvgIpc) is 2.77. The number of benzene rings is 2. The molecular formula is C26H25N3O4. The second-order valence-corrected chi connectivity index (χ2v) is 8.17. The number of esters is 1. The summed E-state index contributed by atoms with van der Waals surface area (Å²) in [4.78, 5) is 41.2. The number of nitrogens with two attached hydrogens (primary N) is 1. The average molecular weight is 444 g/mol. The number of amides is 3. The fourth-order valence-electron chi connectivity index (χ4n) is 4.17. The third kappa shape index (κ3) is 4.77. The number of pyridine rings is 1. The van der Waals surface area contributed by atoms with Crippen LogP contribution in [0.25, 0.3) is 22.6 Å². The highest BCUT2D eigenvalue weighted by Gasteiger charge is 2.28. The molecule has 1 unspecified atom stereocenters. The number of para-hydroxylation sites is 1. The van der Waals surface area contributed by atoms with Crippen molar-refractivity contribution >= 4 is 40.5 Å². The van der Waals surface area contributed by atoms with Gasteiger partial charge in [0.05, 0.1) is 16.8 Å². The molecule has 3 N–H and O–H groups in total. The zero-order valence-corrected chi connectivity index (χ0v) is 18.6. The fourth-order valence-corrected chi connectivity index (χ4v) is 4.17. The van der Waals surface area contributed by atoms with Gasteiger partial charge in [0.2, 0.25) is 0 Å². The second-order valence-electron chi connectivity index (χ2n) is 8.17. The van der Waals surface area contributed by atoms with Crippen LogP contribution < -0.4 is 11.1 Å². The first-order valence-electron chi connectivity index (χ1n) is 10.8. The second kappa shape index (κ2) is 9.24. The van der Waals surface area contributed by atoms with Crippen molar-refractivity contribution in [2.75, 3.05) is 0 Å². The van der Waals surface area contributed by atoms with Gasteiger partial charge >= 0.3 is 12.0 Å². The number of hydrogen-bond acceptors (Lipinski definition) is 5. The Morgan fingerprint density at radius 2 is 1.91 bits per heavy atom. The van der Waals surface area contributed by atoms with E-state index in [2.05, 4.69) is 12.1 Å². The van der Waals surface area contributed by atoms with E-state index in [0.29, 0.717) is 22.9 Å². The van der Waals surface area contributed by atoms with Gasteiger partial charge in [-0.2, -0.15) is 0 Å². The summed E-state index contributed by atoms with van der Waals surface area (Å²) in [5, 5.41) is 2.61. The minimum atomic E-state index is -1.18. The van der Waals surface area contributed by atoms with Crippen molar-refractivity contribution < 1.29 is 19.1 Å². The maximum atomic E-state index is 13.3. The number of imide groups is 1. The van der Waals surface area contributed by atoms with Gasteiger partial charge in [0, 0.05) is 5.39 Å². The summed E-state index contributed by atoms with van der Waals surface area (Å²) in [5.41, 5.74) is 11.0. The summed E-state index contributed by atoms with van der Waals surface area (Å²) in [7, 11) is 0. The number of aryl methyl sites for hydroxylation is 1. The number of primary amides is 1. The van der Waals surface area contributed by atoms with Gasteiger partial charge in [-0.1, -0.05) is 48.0 Å². The van der Waals surface area contributed by atoms with Gasteiger partial charge in [0.1, 0.15) is 0 Å². The van der Waals surface area contributed by atoms with Crippen molar-refractivity contribution in [2.45, 2.75) is 39.2 Å². The number of urea groups is 1. The number of allylic oxidation sites excluding steroid dienone is 1. The van der Waals surface area contributed by atoms with Crippen LogP contribution in [0.15, 0.2) is 48.5 Å². The van der Waals surface area contributed by atoms with E-state index in [4.69, 9.17) is 15.5 Å². The largest absolute Gasteiger partial charge is 0.449 e. The Hall–Kier alpha value is -4.00. The summed E-state index contributed by atoms with van der Waals surface area (Å²) in [6.07, 6.45) is 3.31. The van der Waals surface area contributed by atoms with Gasteiger partial charge in [-0.05, 0) is 62.0 Å².